The third kappa shape index (κ3) is 4.58. The van der Waals surface area contributed by atoms with Crippen molar-refractivity contribution in [3.8, 4) is 16.9 Å². The molecule has 0 aliphatic rings. The van der Waals surface area contributed by atoms with E-state index in [2.05, 4.69) is 20.6 Å². The zero-order valence-corrected chi connectivity index (χ0v) is 17.2. The van der Waals surface area contributed by atoms with Crippen molar-refractivity contribution >= 4 is 11.7 Å². The lowest BCUT2D eigenvalue weighted by Crippen LogP contribution is -2.24. The average molecular weight is 416 g/mol. The van der Waals surface area contributed by atoms with Crippen molar-refractivity contribution < 1.29 is 9.18 Å². The SMILES string of the molecule is CN(C)c1ccc(C(=O)NCc2cn(-c3ccccc3)nc2-c2ccc(F)cc2)nn1. The third-order valence-electron chi connectivity index (χ3n) is 4.71. The number of halogens is 1. The van der Waals surface area contributed by atoms with E-state index in [1.165, 1.54) is 12.1 Å². The second-order valence-electron chi connectivity index (χ2n) is 7.14. The van der Waals surface area contributed by atoms with Gasteiger partial charge in [-0.1, -0.05) is 18.2 Å². The molecule has 0 saturated carbocycles. The molecular weight excluding hydrogens is 395 g/mol. The highest BCUT2D eigenvalue weighted by Gasteiger charge is 2.15. The van der Waals surface area contributed by atoms with Crippen molar-refractivity contribution in [3.05, 3.63) is 90.0 Å². The Morgan fingerprint density at radius 1 is 1.00 bits per heavy atom. The lowest BCUT2D eigenvalue weighted by Gasteiger charge is -2.10. The summed E-state index contributed by atoms with van der Waals surface area (Å²) in [6.07, 6.45) is 1.86. The van der Waals surface area contributed by atoms with Crippen LogP contribution in [0.3, 0.4) is 0 Å². The molecule has 4 rings (SSSR count). The highest BCUT2D eigenvalue weighted by Crippen LogP contribution is 2.24. The molecule has 2 aromatic carbocycles. The molecule has 1 amide bonds. The predicted molar refractivity (Wildman–Crippen MR) is 116 cm³/mol. The smallest absolute Gasteiger partial charge is 0.272 e. The lowest BCUT2D eigenvalue weighted by molar-refractivity contribution is 0.0945. The Kier molecular flexibility index (Phi) is 5.70. The van der Waals surface area contributed by atoms with Crippen LogP contribution in [-0.4, -0.2) is 40.0 Å². The first-order valence-electron chi connectivity index (χ1n) is 9.70. The van der Waals surface area contributed by atoms with Gasteiger partial charge in [-0.2, -0.15) is 5.10 Å². The van der Waals surface area contributed by atoms with Gasteiger partial charge in [0.2, 0.25) is 0 Å². The van der Waals surface area contributed by atoms with Crippen molar-refractivity contribution in [2.24, 2.45) is 0 Å². The van der Waals surface area contributed by atoms with Crippen molar-refractivity contribution in [2.45, 2.75) is 6.54 Å². The van der Waals surface area contributed by atoms with E-state index in [-0.39, 0.29) is 24.0 Å². The first kappa shape index (κ1) is 20.2. The molecule has 156 valence electrons. The van der Waals surface area contributed by atoms with Gasteiger partial charge in [-0.25, -0.2) is 9.07 Å². The summed E-state index contributed by atoms with van der Waals surface area (Å²) in [6.45, 7) is 0.232. The van der Waals surface area contributed by atoms with Crippen LogP contribution in [0.15, 0.2) is 72.9 Å². The summed E-state index contributed by atoms with van der Waals surface area (Å²) in [6, 6.07) is 19.1. The van der Waals surface area contributed by atoms with E-state index in [0.717, 1.165) is 16.8 Å². The molecule has 0 spiro atoms. The van der Waals surface area contributed by atoms with Crippen molar-refractivity contribution in [1.29, 1.82) is 0 Å². The standard InChI is InChI=1S/C23H21FN6O/c1-29(2)21-13-12-20(26-27-21)23(31)25-14-17-15-30(19-6-4-3-5-7-19)28-22(17)16-8-10-18(24)11-9-16/h3-13,15H,14H2,1-2H3,(H,25,31). The molecule has 31 heavy (non-hydrogen) atoms. The number of carbonyl (C=O) groups is 1. The average Bonchev–Trinajstić information content (AvgIpc) is 3.23. The zero-order chi connectivity index (χ0) is 21.8. The van der Waals surface area contributed by atoms with Crippen molar-refractivity contribution in [3.63, 3.8) is 0 Å². The van der Waals surface area contributed by atoms with Crippen LogP contribution in [0.2, 0.25) is 0 Å². The molecule has 0 bridgehead atoms. The lowest BCUT2D eigenvalue weighted by atomic mass is 10.1. The van der Waals surface area contributed by atoms with Crippen LogP contribution in [-0.2, 0) is 6.54 Å². The number of rotatable bonds is 6. The van der Waals surface area contributed by atoms with Gasteiger partial charge in [-0.3, -0.25) is 4.79 Å². The van der Waals surface area contributed by atoms with Crippen LogP contribution in [0.1, 0.15) is 16.1 Å². The Hall–Kier alpha value is -4.07. The number of amides is 1. The Balaban J connectivity index is 1.59. The van der Waals surface area contributed by atoms with E-state index in [1.54, 1.807) is 28.9 Å². The van der Waals surface area contributed by atoms with E-state index >= 15 is 0 Å². The van der Waals surface area contributed by atoms with Gasteiger partial charge in [0.1, 0.15) is 5.82 Å². The number of hydrogen-bond donors (Lipinski definition) is 1. The number of anilines is 1. The van der Waals surface area contributed by atoms with E-state index in [4.69, 9.17) is 0 Å². The number of benzene rings is 2. The van der Waals surface area contributed by atoms with E-state index in [0.29, 0.717) is 11.5 Å². The summed E-state index contributed by atoms with van der Waals surface area (Å²) in [5, 5.41) is 15.6. The molecular formula is C23H21FN6O. The van der Waals surface area contributed by atoms with Gasteiger partial charge in [0.15, 0.2) is 11.5 Å². The molecule has 2 aromatic heterocycles. The van der Waals surface area contributed by atoms with Gasteiger partial charge >= 0.3 is 0 Å². The Morgan fingerprint density at radius 3 is 2.39 bits per heavy atom. The highest BCUT2D eigenvalue weighted by atomic mass is 19.1. The summed E-state index contributed by atoms with van der Waals surface area (Å²) in [5.41, 5.74) is 3.33. The van der Waals surface area contributed by atoms with E-state index < -0.39 is 0 Å². The fourth-order valence-electron chi connectivity index (χ4n) is 3.05. The van der Waals surface area contributed by atoms with Crippen LogP contribution >= 0.6 is 0 Å². The minimum atomic E-state index is -0.338. The predicted octanol–water partition coefficient (Wildman–Crippen LogP) is 3.46. The maximum Gasteiger partial charge on any atom is 0.272 e. The second-order valence-corrected chi connectivity index (χ2v) is 7.14. The van der Waals surface area contributed by atoms with Crippen LogP contribution in [0.4, 0.5) is 10.2 Å². The van der Waals surface area contributed by atoms with Crippen LogP contribution in [0, 0.1) is 5.82 Å². The fourth-order valence-corrected chi connectivity index (χ4v) is 3.05. The molecule has 4 aromatic rings. The number of nitrogens with one attached hydrogen (secondary N) is 1. The van der Waals surface area contributed by atoms with Gasteiger partial charge in [0.25, 0.3) is 5.91 Å². The van der Waals surface area contributed by atoms with Crippen molar-refractivity contribution in [2.75, 3.05) is 19.0 Å². The number of nitrogens with zero attached hydrogens (tertiary/aromatic N) is 5. The molecule has 8 heteroatoms. The minimum Gasteiger partial charge on any atom is -0.361 e. The largest absolute Gasteiger partial charge is 0.361 e. The third-order valence-corrected chi connectivity index (χ3v) is 4.71. The van der Waals surface area contributed by atoms with Gasteiger partial charge in [-0.15, -0.1) is 10.2 Å². The van der Waals surface area contributed by atoms with Gasteiger partial charge in [-0.05, 0) is 48.5 Å². The first-order chi connectivity index (χ1) is 15.0. The molecule has 0 atom stereocenters. The molecule has 0 saturated heterocycles. The summed E-state index contributed by atoms with van der Waals surface area (Å²) >= 11 is 0. The van der Waals surface area contributed by atoms with Gasteiger partial charge in [0.05, 0.1) is 11.4 Å². The highest BCUT2D eigenvalue weighted by molar-refractivity contribution is 5.92. The molecule has 7 nitrogen and oxygen atoms in total. The summed E-state index contributed by atoms with van der Waals surface area (Å²) in [5.74, 6) is 0.00967. The zero-order valence-electron chi connectivity index (χ0n) is 17.2. The topological polar surface area (TPSA) is 75.9 Å². The summed E-state index contributed by atoms with van der Waals surface area (Å²) in [7, 11) is 3.70. The molecule has 0 unspecified atom stereocenters. The maximum absolute atomic E-state index is 13.4. The quantitative estimate of drug-likeness (QED) is 0.521. The number of para-hydroxylation sites is 1. The Labute approximate surface area is 179 Å². The summed E-state index contributed by atoms with van der Waals surface area (Å²) < 4.78 is 15.1. The minimum absolute atomic E-state index is 0.226. The monoisotopic (exact) mass is 416 g/mol. The molecule has 2 heterocycles. The van der Waals surface area contributed by atoms with Crippen molar-refractivity contribution in [1.82, 2.24) is 25.3 Å². The number of aromatic nitrogens is 4. The first-order valence-corrected chi connectivity index (χ1v) is 9.70. The van der Waals surface area contributed by atoms with Gasteiger partial charge < -0.3 is 10.2 Å². The normalized spacial score (nSPS) is 10.7. The number of hydrogen-bond acceptors (Lipinski definition) is 5. The Bertz CT molecular complexity index is 1170. The molecule has 0 fully saturated rings. The fraction of sp³-hybridized carbons (Fsp3) is 0.130. The second kappa shape index (κ2) is 8.74. The van der Waals surface area contributed by atoms with Crippen LogP contribution in [0.25, 0.3) is 16.9 Å². The van der Waals surface area contributed by atoms with Crippen LogP contribution in [0.5, 0.6) is 0 Å². The van der Waals surface area contributed by atoms with Crippen LogP contribution < -0.4 is 10.2 Å². The maximum atomic E-state index is 13.4. The van der Waals surface area contributed by atoms with E-state index in [1.807, 2.05) is 55.5 Å². The molecule has 0 radical (unpaired) electrons. The van der Waals surface area contributed by atoms with Gasteiger partial charge in [0, 0.05) is 38.0 Å². The summed E-state index contributed by atoms with van der Waals surface area (Å²) in [4.78, 5) is 14.4. The molecule has 1 N–H and O–H groups in total. The van der Waals surface area contributed by atoms with E-state index in [9.17, 15) is 9.18 Å². The number of carbonyl (C=O) groups excluding carboxylic acids is 1. The Morgan fingerprint density at radius 2 is 1.74 bits per heavy atom. The molecule has 0 aliphatic carbocycles. The molecule has 0 aliphatic heterocycles.